The lowest BCUT2D eigenvalue weighted by Gasteiger charge is -2.36. The molecule has 2 nitrogen and oxygen atoms in total. The molecule has 0 bridgehead atoms. The Morgan fingerprint density at radius 3 is 2.71 bits per heavy atom. The number of piperidine rings is 1. The lowest BCUT2D eigenvalue weighted by molar-refractivity contribution is 0.251. The molecular formula is C14H19BrN2. The predicted molar refractivity (Wildman–Crippen MR) is 75.7 cm³/mol. The summed E-state index contributed by atoms with van der Waals surface area (Å²) in [7, 11) is 2.23. The Hall–Kier alpha value is -0.540. The molecule has 2 heterocycles. The molecule has 1 saturated heterocycles. The minimum atomic E-state index is 0.758. The molecule has 0 spiro atoms. The summed E-state index contributed by atoms with van der Waals surface area (Å²) >= 11 is 3.56. The van der Waals surface area contributed by atoms with Crippen LogP contribution in [0, 0.1) is 0 Å². The third-order valence-electron chi connectivity index (χ3n) is 4.10. The van der Waals surface area contributed by atoms with E-state index in [4.69, 9.17) is 0 Å². The molecular weight excluding hydrogens is 276 g/mol. The topological polar surface area (TPSA) is 6.48 Å². The fourth-order valence-electron chi connectivity index (χ4n) is 3.08. The van der Waals surface area contributed by atoms with Gasteiger partial charge in [0.05, 0.1) is 0 Å². The molecule has 0 atom stereocenters. The van der Waals surface area contributed by atoms with Crippen molar-refractivity contribution in [3.05, 3.63) is 28.2 Å². The van der Waals surface area contributed by atoms with E-state index in [9.17, 15) is 0 Å². The Morgan fingerprint density at radius 2 is 1.94 bits per heavy atom. The molecule has 0 aliphatic carbocycles. The Morgan fingerprint density at radius 1 is 1.18 bits per heavy atom. The number of fused-ring (bicyclic) bond motifs is 1. The van der Waals surface area contributed by atoms with Crippen molar-refractivity contribution in [2.45, 2.75) is 25.3 Å². The number of anilines is 1. The van der Waals surface area contributed by atoms with Crippen molar-refractivity contribution in [2.24, 2.45) is 0 Å². The van der Waals surface area contributed by atoms with Gasteiger partial charge in [-0.2, -0.15) is 0 Å². The van der Waals surface area contributed by atoms with Crippen LogP contribution in [0.3, 0.4) is 0 Å². The largest absolute Gasteiger partial charge is 0.368 e. The molecule has 3 rings (SSSR count). The number of halogens is 1. The van der Waals surface area contributed by atoms with E-state index in [1.807, 2.05) is 0 Å². The van der Waals surface area contributed by atoms with Crippen molar-refractivity contribution >= 4 is 21.6 Å². The third kappa shape index (κ3) is 2.23. The summed E-state index contributed by atoms with van der Waals surface area (Å²) in [6.45, 7) is 3.69. The highest BCUT2D eigenvalue weighted by Crippen LogP contribution is 2.34. The van der Waals surface area contributed by atoms with E-state index in [1.54, 1.807) is 0 Å². The number of rotatable bonds is 1. The van der Waals surface area contributed by atoms with Gasteiger partial charge in [-0.3, -0.25) is 0 Å². The van der Waals surface area contributed by atoms with E-state index >= 15 is 0 Å². The highest BCUT2D eigenvalue weighted by atomic mass is 79.9. The minimum Gasteiger partial charge on any atom is -0.368 e. The summed E-state index contributed by atoms with van der Waals surface area (Å²) in [4.78, 5) is 5.07. The molecule has 0 aromatic heterocycles. The molecule has 1 fully saturated rings. The molecule has 0 N–H and O–H groups in total. The van der Waals surface area contributed by atoms with Gasteiger partial charge in [0.15, 0.2) is 0 Å². The zero-order chi connectivity index (χ0) is 11.8. The number of nitrogens with zero attached hydrogens (tertiary/aromatic N) is 2. The van der Waals surface area contributed by atoms with Crippen LogP contribution in [0.15, 0.2) is 22.7 Å². The number of benzene rings is 1. The van der Waals surface area contributed by atoms with E-state index in [0.29, 0.717) is 0 Å². The van der Waals surface area contributed by atoms with Crippen molar-refractivity contribution in [1.82, 2.24) is 4.90 Å². The average Bonchev–Trinajstić information content (AvgIpc) is 2.73. The van der Waals surface area contributed by atoms with Crippen LogP contribution in [-0.2, 0) is 6.42 Å². The van der Waals surface area contributed by atoms with Crippen LogP contribution in [0.25, 0.3) is 0 Å². The van der Waals surface area contributed by atoms with Crippen LogP contribution in [0.1, 0.15) is 18.4 Å². The molecule has 1 aromatic carbocycles. The Kier molecular flexibility index (Phi) is 3.14. The van der Waals surface area contributed by atoms with Crippen LogP contribution in [0.5, 0.6) is 0 Å². The van der Waals surface area contributed by atoms with Crippen molar-refractivity contribution in [3.8, 4) is 0 Å². The van der Waals surface area contributed by atoms with Gasteiger partial charge < -0.3 is 9.80 Å². The van der Waals surface area contributed by atoms with Crippen LogP contribution in [0.4, 0.5) is 5.69 Å². The van der Waals surface area contributed by atoms with Gasteiger partial charge in [0.1, 0.15) is 0 Å². The van der Waals surface area contributed by atoms with Crippen molar-refractivity contribution in [3.63, 3.8) is 0 Å². The van der Waals surface area contributed by atoms with E-state index in [1.165, 1.54) is 54.6 Å². The number of likely N-dealkylation sites (tertiary alicyclic amines) is 1. The summed E-state index contributed by atoms with van der Waals surface area (Å²) in [5.74, 6) is 0. The van der Waals surface area contributed by atoms with Gasteiger partial charge in [-0.05, 0) is 63.2 Å². The Labute approximate surface area is 112 Å². The van der Waals surface area contributed by atoms with Gasteiger partial charge in [0, 0.05) is 22.7 Å². The van der Waals surface area contributed by atoms with Gasteiger partial charge in [0.25, 0.3) is 0 Å². The van der Waals surface area contributed by atoms with Crippen LogP contribution >= 0.6 is 15.9 Å². The first-order valence-corrected chi connectivity index (χ1v) is 7.27. The highest BCUT2D eigenvalue weighted by Gasteiger charge is 2.28. The van der Waals surface area contributed by atoms with Crippen LogP contribution < -0.4 is 4.90 Å². The highest BCUT2D eigenvalue weighted by molar-refractivity contribution is 9.10. The van der Waals surface area contributed by atoms with E-state index < -0.39 is 0 Å². The van der Waals surface area contributed by atoms with Crippen LogP contribution in [0.2, 0.25) is 0 Å². The maximum atomic E-state index is 3.56. The molecule has 0 radical (unpaired) electrons. The first-order chi connectivity index (χ1) is 8.24. The van der Waals surface area contributed by atoms with E-state index in [0.717, 1.165) is 6.04 Å². The van der Waals surface area contributed by atoms with Crippen LogP contribution in [-0.4, -0.2) is 37.6 Å². The monoisotopic (exact) mass is 294 g/mol. The van der Waals surface area contributed by atoms with Crippen molar-refractivity contribution in [2.75, 3.05) is 31.6 Å². The quantitative estimate of drug-likeness (QED) is 0.786. The Bertz CT molecular complexity index is 411. The predicted octanol–water partition coefficient (Wildman–Crippen LogP) is 2.91. The smallest absolute Gasteiger partial charge is 0.0402 e. The number of hydrogen-bond acceptors (Lipinski definition) is 2. The third-order valence-corrected chi connectivity index (χ3v) is 4.60. The lowest BCUT2D eigenvalue weighted by Crippen LogP contribution is -2.43. The molecule has 0 unspecified atom stereocenters. The molecule has 2 aliphatic rings. The number of hydrogen-bond donors (Lipinski definition) is 0. The molecule has 92 valence electrons. The summed E-state index contributed by atoms with van der Waals surface area (Å²) < 4.78 is 1.21. The molecule has 17 heavy (non-hydrogen) atoms. The molecule has 2 aliphatic heterocycles. The molecule has 0 amide bonds. The van der Waals surface area contributed by atoms with E-state index in [2.05, 4.69) is 51.0 Å². The fourth-order valence-corrected chi connectivity index (χ4v) is 3.49. The first kappa shape index (κ1) is 11.5. The zero-order valence-electron chi connectivity index (χ0n) is 10.3. The SMILES string of the molecule is CN1CCC(N2CCc3cc(Br)ccc32)CC1. The van der Waals surface area contributed by atoms with Gasteiger partial charge in [-0.25, -0.2) is 0 Å². The second-order valence-electron chi connectivity index (χ2n) is 5.25. The normalized spacial score (nSPS) is 21.9. The van der Waals surface area contributed by atoms with Gasteiger partial charge in [-0.1, -0.05) is 15.9 Å². The van der Waals surface area contributed by atoms with Gasteiger partial charge in [-0.15, -0.1) is 0 Å². The Balaban J connectivity index is 1.79. The average molecular weight is 295 g/mol. The molecule has 0 saturated carbocycles. The first-order valence-electron chi connectivity index (χ1n) is 6.47. The summed E-state index contributed by atoms with van der Waals surface area (Å²) in [5.41, 5.74) is 2.99. The van der Waals surface area contributed by atoms with Crippen molar-refractivity contribution in [1.29, 1.82) is 0 Å². The fraction of sp³-hybridized carbons (Fsp3) is 0.571. The standard InChI is InChI=1S/C14H19BrN2/c1-16-7-5-13(6-8-16)17-9-4-11-10-12(15)2-3-14(11)17/h2-3,10,13H,4-9H2,1H3. The maximum absolute atomic E-state index is 3.56. The lowest BCUT2D eigenvalue weighted by atomic mass is 10.0. The van der Waals surface area contributed by atoms with Gasteiger partial charge in [0.2, 0.25) is 0 Å². The minimum absolute atomic E-state index is 0.758. The van der Waals surface area contributed by atoms with E-state index in [-0.39, 0.29) is 0 Å². The summed E-state index contributed by atoms with van der Waals surface area (Å²) in [6, 6.07) is 7.50. The maximum Gasteiger partial charge on any atom is 0.0402 e. The second kappa shape index (κ2) is 4.62. The van der Waals surface area contributed by atoms with Crippen molar-refractivity contribution < 1.29 is 0 Å². The summed E-state index contributed by atoms with van der Waals surface area (Å²) in [6.07, 6.45) is 3.83. The molecule has 1 aromatic rings. The molecule has 3 heteroatoms. The second-order valence-corrected chi connectivity index (χ2v) is 6.17. The summed E-state index contributed by atoms with van der Waals surface area (Å²) in [5, 5.41) is 0. The van der Waals surface area contributed by atoms with Gasteiger partial charge >= 0.3 is 0 Å². The zero-order valence-corrected chi connectivity index (χ0v) is 11.9.